The van der Waals surface area contributed by atoms with E-state index in [1.165, 1.54) is 36.6 Å². The lowest BCUT2D eigenvalue weighted by Crippen LogP contribution is -2.29. The molecule has 19 heavy (non-hydrogen) atoms. The van der Waals surface area contributed by atoms with Gasteiger partial charge in [-0.05, 0) is 24.0 Å². The molecule has 1 atom stereocenters. The van der Waals surface area contributed by atoms with Gasteiger partial charge in [0.05, 0.1) is 5.52 Å². The van der Waals surface area contributed by atoms with Crippen molar-refractivity contribution in [3.8, 4) is 0 Å². The number of hydrazine groups is 1. The normalized spacial score (nSPS) is 17.9. The van der Waals surface area contributed by atoms with Gasteiger partial charge in [-0.1, -0.05) is 49.9 Å². The second kappa shape index (κ2) is 5.68. The summed E-state index contributed by atoms with van der Waals surface area (Å²) in [6.07, 6.45) is 8.40. The van der Waals surface area contributed by atoms with E-state index in [1.54, 1.807) is 0 Å². The van der Waals surface area contributed by atoms with E-state index in [4.69, 9.17) is 5.84 Å². The Hall–Kier alpha value is -1.45. The van der Waals surface area contributed by atoms with Gasteiger partial charge >= 0.3 is 0 Å². The molecule has 2 aromatic rings. The lowest BCUT2D eigenvalue weighted by atomic mass is 9.92. The zero-order valence-corrected chi connectivity index (χ0v) is 11.2. The van der Waals surface area contributed by atoms with Crippen LogP contribution >= 0.6 is 0 Å². The average Bonchev–Trinajstić information content (AvgIpc) is 2.97. The van der Waals surface area contributed by atoms with Crippen molar-refractivity contribution >= 4 is 10.9 Å². The Morgan fingerprint density at radius 3 is 2.79 bits per heavy atom. The third-order valence-electron chi connectivity index (χ3n) is 4.28. The lowest BCUT2D eigenvalue weighted by molar-refractivity contribution is 0.401. The van der Waals surface area contributed by atoms with Crippen LogP contribution in [0.1, 0.15) is 43.7 Å². The van der Waals surface area contributed by atoms with Gasteiger partial charge in [-0.3, -0.25) is 16.3 Å². The molecule has 0 spiro atoms. The number of nitrogens with zero attached hydrogens (tertiary/aromatic N) is 1. The highest BCUT2D eigenvalue weighted by Crippen LogP contribution is 2.34. The molecule has 1 aromatic heterocycles. The van der Waals surface area contributed by atoms with E-state index in [2.05, 4.69) is 34.7 Å². The maximum atomic E-state index is 5.80. The summed E-state index contributed by atoms with van der Waals surface area (Å²) >= 11 is 0. The number of para-hydroxylation sites is 1. The van der Waals surface area contributed by atoms with Gasteiger partial charge in [-0.2, -0.15) is 0 Å². The third-order valence-corrected chi connectivity index (χ3v) is 4.28. The summed E-state index contributed by atoms with van der Waals surface area (Å²) in [7, 11) is 0. The summed E-state index contributed by atoms with van der Waals surface area (Å²) < 4.78 is 0. The number of rotatable bonds is 4. The zero-order chi connectivity index (χ0) is 13.1. The van der Waals surface area contributed by atoms with E-state index < -0.39 is 0 Å². The standard InChI is InChI=1S/C16H21N3/c17-19-15(11-12-5-1-2-6-12)14-9-3-7-13-8-4-10-18-16(13)14/h3-4,7-10,12,15,19H,1-2,5-6,11,17H2. The molecule has 0 saturated heterocycles. The molecular formula is C16H21N3. The smallest absolute Gasteiger partial charge is 0.0750 e. The fourth-order valence-electron chi connectivity index (χ4n) is 3.27. The molecule has 0 bridgehead atoms. The second-order valence-corrected chi connectivity index (χ2v) is 5.53. The Bertz CT molecular complexity index is 541. The number of aromatic nitrogens is 1. The number of pyridine rings is 1. The number of hydrogen-bond donors (Lipinski definition) is 2. The molecule has 0 radical (unpaired) electrons. The van der Waals surface area contributed by atoms with Crippen LogP contribution in [0.5, 0.6) is 0 Å². The van der Waals surface area contributed by atoms with E-state index in [1.807, 2.05) is 12.3 Å². The highest BCUT2D eigenvalue weighted by molar-refractivity contribution is 5.81. The van der Waals surface area contributed by atoms with Crippen molar-refractivity contribution in [2.75, 3.05) is 0 Å². The van der Waals surface area contributed by atoms with Crippen LogP contribution in [0.15, 0.2) is 36.5 Å². The predicted molar refractivity (Wildman–Crippen MR) is 78.4 cm³/mol. The summed E-state index contributed by atoms with van der Waals surface area (Å²) in [5.74, 6) is 6.60. The van der Waals surface area contributed by atoms with Gasteiger partial charge in [0.2, 0.25) is 0 Å². The van der Waals surface area contributed by atoms with Crippen molar-refractivity contribution in [3.63, 3.8) is 0 Å². The van der Waals surface area contributed by atoms with Gasteiger partial charge in [-0.15, -0.1) is 0 Å². The number of nitrogens with two attached hydrogens (primary N) is 1. The summed E-state index contributed by atoms with van der Waals surface area (Å²) in [4.78, 5) is 4.53. The minimum Gasteiger partial charge on any atom is -0.271 e. The predicted octanol–water partition coefficient (Wildman–Crippen LogP) is 3.32. The fraction of sp³-hybridized carbons (Fsp3) is 0.438. The van der Waals surface area contributed by atoms with E-state index in [0.29, 0.717) is 0 Å². The maximum absolute atomic E-state index is 5.80. The van der Waals surface area contributed by atoms with Crippen LogP contribution in [0.3, 0.4) is 0 Å². The van der Waals surface area contributed by atoms with Crippen LogP contribution < -0.4 is 11.3 Å². The molecule has 1 aliphatic rings. The van der Waals surface area contributed by atoms with Crippen molar-refractivity contribution in [2.24, 2.45) is 11.8 Å². The summed E-state index contributed by atoms with van der Waals surface area (Å²) in [6, 6.07) is 10.6. The van der Waals surface area contributed by atoms with Crippen molar-refractivity contribution in [1.82, 2.24) is 10.4 Å². The molecule has 100 valence electrons. The minimum absolute atomic E-state index is 0.210. The summed E-state index contributed by atoms with van der Waals surface area (Å²) in [5, 5.41) is 1.19. The monoisotopic (exact) mass is 255 g/mol. The van der Waals surface area contributed by atoms with Crippen LogP contribution in [-0.4, -0.2) is 4.98 Å². The van der Waals surface area contributed by atoms with Crippen molar-refractivity contribution in [2.45, 2.75) is 38.1 Å². The van der Waals surface area contributed by atoms with Crippen molar-refractivity contribution in [3.05, 3.63) is 42.1 Å². The molecule has 3 nitrogen and oxygen atoms in total. The summed E-state index contributed by atoms with van der Waals surface area (Å²) in [5.41, 5.74) is 5.30. The SMILES string of the molecule is NNC(CC1CCCC1)c1cccc2cccnc12. The van der Waals surface area contributed by atoms with Crippen LogP contribution in [-0.2, 0) is 0 Å². The quantitative estimate of drug-likeness (QED) is 0.651. The van der Waals surface area contributed by atoms with Gasteiger partial charge < -0.3 is 0 Å². The Labute approximate surface area is 114 Å². The number of nitrogens with one attached hydrogen (secondary N) is 1. The first-order valence-electron chi connectivity index (χ1n) is 7.18. The Morgan fingerprint density at radius 2 is 2.00 bits per heavy atom. The molecule has 0 aliphatic heterocycles. The van der Waals surface area contributed by atoms with Crippen molar-refractivity contribution < 1.29 is 0 Å². The van der Waals surface area contributed by atoms with Crippen LogP contribution in [0.25, 0.3) is 10.9 Å². The molecular weight excluding hydrogens is 234 g/mol. The minimum atomic E-state index is 0.210. The lowest BCUT2D eigenvalue weighted by Gasteiger charge is -2.21. The first-order chi connectivity index (χ1) is 9.38. The fourth-order valence-corrected chi connectivity index (χ4v) is 3.27. The van der Waals surface area contributed by atoms with E-state index in [-0.39, 0.29) is 6.04 Å². The average molecular weight is 255 g/mol. The Kier molecular flexibility index (Phi) is 3.76. The number of fused-ring (bicyclic) bond motifs is 1. The second-order valence-electron chi connectivity index (χ2n) is 5.53. The van der Waals surface area contributed by atoms with Crippen LogP contribution in [0.4, 0.5) is 0 Å². The van der Waals surface area contributed by atoms with Gasteiger partial charge in [0, 0.05) is 17.6 Å². The molecule has 1 aromatic carbocycles. The third kappa shape index (κ3) is 2.62. The number of benzene rings is 1. The molecule has 1 unspecified atom stereocenters. The largest absolute Gasteiger partial charge is 0.271 e. The van der Waals surface area contributed by atoms with Gasteiger partial charge in [-0.25, -0.2) is 0 Å². The molecule has 0 amide bonds. The van der Waals surface area contributed by atoms with E-state index >= 15 is 0 Å². The first-order valence-corrected chi connectivity index (χ1v) is 7.18. The van der Waals surface area contributed by atoms with Gasteiger partial charge in [0.1, 0.15) is 0 Å². The molecule has 1 aliphatic carbocycles. The number of hydrogen-bond acceptors (Lipinski definition) is 3. The molecule has 1 saturated carbocycles. The molecule has 3 N–H and O–H groups in total. The van der Waals surface area contributed by atoms with E-state index in [9.17, 15) is 0 Å². The van der Waals surface area contributed by atoms with Crippen LogP contribution in [0, 0.1) is 5.92 Å². The van der Waals surface area contributed by atoms with Gasteiger partial charge in [0.25, 0.3) is 0 Å². The zero-order valence-electron chi connectivity index (χ0n) is 11.2. The van der Waals surface area contributed by atoms with Crippen molar-refractivity contribution in [1.29, 1.82) is 0 Å². The first kappa shape index (κ1) is 12.6. The van der Waals surface area contributed by atoms with Crippen LogP contribution in [0.2, 0.25) is 0 Å². The highest BCUT2D eigenvalue weighted by Gasteiger charge is 2.21. The van der Waals surface area contributed by atoms with Gasteiger partial charge in [0.15, 0.2) is 0 Å². The Morgan fingerprint density at radius 1 is 1.21 bits per heavy atom. The molecule has 1 fully saturated rings. The molecule has 1 heterocycles. The topological polar surface area (TPSA) is 50.9 Å². The molecule has 3 heteroatoms. The molecule has 3 rings (SSSR count). The Balaban J connectivity index is 1.91. The highest BCUT2D eigenvalue weighted by atomic mass is 15.2. The summed E-state index contributed by atoms with van der Waals surface area (Å²) in [6.45, 7) is 0. The maximum Gasteiger partial charge on any atom is 0.0750 e. The van der Waals surface area contributed by atoms with E-state index in [0.717, 1.165) is 17.9 Å².